The first-order valence-corrected chi connectivity index (χ1v) is 10.7. The van der Waals surface area contributed by atoms with Gasteiger partial charge in [-0.15, -0.1) is 0 Å². The van der Waals surface area contributed by atoms with Crippen LogP contribution in [0.4, 0.5) is 5.69 Å². The zero-order valence-electron chi connectivity index (χ0n) is 15.0. The van der Waals surface area contributed by atoms with Crippen LogP contribution in [0.15, 0.2) is 57.9 Å². The molecule has 0 saturated heterocycles. The molecule has 2 aromatic rings. The number of sulfonamides is 1. The number of amides is 1. The van der Waals surface area contributed by atoms with Crippen LogP contribution in [-0.4, -0.2) is 25.0 Å². The predicted octanol–water partition coefficient (Wildman–Crippen LogP) is 3.65. The van der Waals surface area contributed by atoms with Gasteiger partial charge in [0.2, 0.25) is 10.0 Å². The van der Waals surface area contributed by atoms with Crippen molar-refractivity contribution in [2.45, 2.75) is 31.2 Å². The SMILES string of the molecule is CC(C)(C)NS(=O)(=O)c1ccc(NC(=S)NC(=O)c2ccccc2Br)cc1. The van der Waals surface area contributed by atoms with E-state index in [4.69, 9.17) is 12.2 Å². The summed E-state index contributed by atoms with van der Waals surface area (Å²) >= 11 is 8.46. The second-order valence-electron chi connectivity index (χ2n) is 6.77. The van der Waals surface area contributed by atoms with E-state index < -0.39 is 15.6 Å². The minimum Gasteiger partial charge on any atom is -0.332 e. The summed E-state index contributed by atoms with van der Waals surface area (Å²) in [5.41, 5.74) is 0.436. The standard InChI is InChI=1S/C18H20BrN3O3S2/c1-18(2,3)22-27(24,25)13-10-8-12(9-11-13)20-17(26)21-16(23)14-6-4-5-7-15(14)19/h4-11,22H,1-3H3,(H2,20,21,23,26). The van der Waals surface area contributed by atoms with Gasteiger partial charge in [-0.1, -0.05) is 12.1 Å². The van der Waals surface area contributed by atoms with Crippen molar-refractivity contribution in [3.8, 4) is 0 Å². The average molecular weight is 470 g/mol. The molecule has 0 aliphatic rings. The van der Waals surface area contributed by atoms with Crippen molar-refractivity contribution in [1.29, 1.82) is 0 Å². The summed E-state index contributed by atoms with van der Waals surface area (Å²) in [5.74, 6) is -0.353. The molecule has 144 valence electrons. The molecule has 1 amide bonds. The molecule has 0 bridgehead atoms. The molecule has 0 spiro atoms. The largest absolute Gasteiger partial charge is 0.332 e. The lowest BCUT2D eigenvalue weighted by atomic mass is 10.1. The minimum absolute atomic E-state index is 0.110. The van der Waals surface area contributed by atoms with Crippen molar-refractivity contribution in [2.24, 2.45) is 0 Å². The number of carbonyl (C=O) groups is 1. The lowest BCUT2D eigenvalue weighted by molar-refractivity contribution is 0.0977. The predicted molar refractivity (Wildman–Crippen MR) is 114 cm³/mol. The van der Waals surface area contributed by atoms with Crippen molar-refractivity contribution in [3.05, 3.63) is 58.6 Å². The van der Waals surface area contributed by atoms with Crippen molar-refractivity contribution < 1.29 is 13.2 Å². The molecule has 0 saturated carbocycles. The highest BCUT2D eigenvalue weighted by atomic mass is 79.9. The highest BCUT2D eigenvalue weighted by Gasteiger charge is 2.21. The molecule has 0 aliphatic heterocycles. The van der Waals surface area contributed by atoms with Crippen LogP contribution in [0.2, 0.25) is 0 Å². The van der Waals surface area contributed by atoms with Gasteiger partial charge in [0.15, 0.2) is 5.11 Å². The number of hydrogen-bond acceptors (Lipinski definition) is 4. The fraction of sp³-hybridized carbons (Fsp3) is 0.222. The Balaban J connectivity index is 2.03. The summed E-state index contributed by atoms with van der Waals surface area (Å²) in [5, 5.41) is 5.55. The molecule has 2 rings (SSSR count). The van der Waals surface area contributed by atoms with Crippen molar-refractivity contribution in [2.75, 3.05) is 5.32 Å². The van der Waals surface area contributed by atoms with E-state index in [0.29, 0.717) is 15.7 Å². The summed E-state index contributed by atoms with van der Waals surface area (Å²) in [4.78, 5) is 12.4. The lowest BCUT2D eigenvalue weighted by Gasteiger charge is -2.20. The summed E-state index contributed by atoms with van der Waals surface area (Å²) in [7, 11) is -3.61. The van der Waals surface area contributed by atoms with Crippen LogP contribution in [-0.2, 0) is 10.0 Å². The van der Waals surface area contributed by atoms with Crippen molar-refractivity contribution in [1.82, 2.24) is 10.0 Å². The van der Waals surface area contributed by atoms with Crippen molar-refractivity contribution in [3.63, 3.8) is 0 Å². The van der Waals surface area contributed by atoms with Gasteiger partial charge < -0.3 is 5.32 Å². The maximum Gasteiger partial charge on any atom is 0.258 e. The van der Waals surface area contributed by atoms with E-state index in [2.05, 4.69) is 31.3 Å². The van der Waals surface area contributed by atoms with Gasteiger partial charge in [-0.3, -0.25) is 10.1 Å². The lowest BCUT2D eigenvalue weighted by Crippen LogP contribution is -2.40. The van der Waals surface area contributed by atoms with Crippen LogP contribution in [0, 0.1) is 0 Å². The highest BCUT2D eigenvalue weighted by molar-refractivity contribution is 9.10. The molecule has 0 aliphatic carbocycles. The molecule has 6 nitrogen and oxygen atoms in total. The molecule has 0 fully saturated rings. The summed E-state index contributed by atoms with van der Waals surface area (Å²) < 4.78 is 27.8. The molecule has 0 radical (unpaired) electrons. The van der Waals surface area contributed by atoms with Gasteiger partial charge in [-0.2, -0.15) is 0 Å². The second kappa shape index (κ2) is 8.47. The monoisotopic (exact) mass is 469 g/mol. The van der Waals surface area contributed by atoms with E-state index in [1.807, 2.05) is 6.07 Å². The smallest absolute Gasteiger partial charge is 0.258 e. The third kappa shape index (κ3) is 6.39. The minimum atomic E-state index is -3.61. The van der Waals surface area contributed by atoms with Gasteiger partial charge in [0, 0.05) is 15.7 Å². The maximum atomic E-state index is 12.3. The topological polar surface area (TPSA) is 87.3 Å². The maximum absolute atomic E-state index is 12.3. The first kappa shape index (κ1) is 21.5. The van der Waals surface area contributed by atoms with Gasteiger partial charge in [0.25, 0.3) is 5.91 Å². The van der Waals surface area contributed by atoms with Crippen LogP contribution < -0.4 is 15.4 Å². The Hall–Kier alpha value is -1.81. The molecule has 0 atom stereocenters. The number of carbonyl (C=O) groups excluding carboxylic acids is 1. The Bertz CT molecular complexity index is 953. The van der Waals surface area contributed by atoms with Gasteiger partial charge in [-0.05, 0) is 85.3 Å². The zero-order valence-corrected chi connectivity index (χ0v) is 18.3. The van der Waals surface area contributed by atoms with Crippen LogP contribution in [0.3, 0.4) is 0 Å². The third-order valence-corrected chi connectivity index (χ3v) is 5.88. The molecule has 2 aromatic carbocycles. The van der Waals surface area contributed by atoms with Gasteiger partial charge in [0.05, 0.1) is 10.5 Å². The molecule has 0 heterocycles. The molecule has 0 aromatic heterocycles. The number of halogens is 1. The molecule has 0 unspecified atom stereocenters. The molecular weight excluding hydrogens is 450 g/mol. The van der Waals surface area contributed by atoms with Crippen LogP contribution >= 0.6 is 28.1 Å². The fourth-order valence-corrected chi connectivity index (χ4v) is 4.25. The van der Waals surface area contributed by atoms with Crippen LogP contribution in [0.25, 0.3) is 0 Å². The Morgan fingerprint density at radius 1 is 1.04 bits per heavy atom. The fourth-order valence-electron chi connectivity index (χ4n) is 2.16. The Kier molecular flexibility index (Phi) is 6.74. The summed E-state index contributed by atoms with van der Waals surface area (Å²) in [6.07, 6.45) is 0. The third-order valence-electron chi connectivity index (χ3n) is 3.21. The summed E-state index contributed by atoms with van der Waals surface area (Å²) in [6, 6.07) is 13.1. The van der Waals surface area contributed by atoms with E-state index in [0.717, 1.165) is 0 Å². The number of benzene rings is 2. The van der Waals surface area contributed by atoms with Crippen LogP contribution in [0.1, 0.15) is 31.1 Å². The first-order valence-electron chi connectivity index (χ1n) is 7.99. The first-order chi connectivity index (χ1) is 12.5. The quantitative estimate of drug-likeness (QED) is 0.594. The normalized spacial score (nSPS) is 11.7. The number of anilines is 1. The number of rotatable bonds is 4. The number of thiocarbonyl (C=S) groups is 1. The van der Waals surface area contributed by atoms with E-state index in [1.54, 1.807) is 51.1 Å². The van der Waals surface area contributed by atoms with Gasteiger partial charge >= 0.3 is 0 Å². The number of hydrogen-bond donors (Lipinski definition) is 3. The van der Waals surface area contributed by atoms with Crippen LogP contribution in [0.5, 0.6) is 0 Å². The van der Waals surface area contributed by atoms with E-state index >= 15 is 0 Å². The molecule has 27 heavy (non-hydrogen) atoms. The number of nitrogens with one attached hydrogen (secondary N) is 3. The Morgan fingerprint density at radius 2 is 1.63 bits per heavy atom. The van der Waals surface area contributed by atoms with E-state index in [-0.39, 0.29) is 15.9 Å². The second-order valence-corrected chi connectivity index (χ2v) is 9.71. The average Bonchev–Trinajstić information content (AvgIpc) is 2.53. The Labute approximate surface area is 172 Å². The van der Waals surface area contributed by atoms with E-state index in [9.17, 15) is 13.2 Å². The summed E-state index contributed by atoms with van der Waals surface area (Å²) in [6.45, 7) is 5.31. The van der Waals surface area contributed by atoms with Gasteiger partial charge in [0.1, 0.15) is 0 Å². The Morgan fingerprint density at radius 3 is 2.19 bits per heavy atom. The molecular formula is C18H20BrN3O3S2. The zero-order chi connectivity index (χ0) is 20.2. The van der Waals surface area contributed by atoms with Gasteiger partial charge in [-0.25, -0.2) is 13.1 Å². The molecule has 3 N–H and O–H groups in total. The van der Waals surface area contributed by atoms with Crippen molar-refractivity contribution >= 4 is 54.9 Å². The highest BCUT2D eigenvalue weighted by Crippen LogP contribution is 2.17. The van der Waals surface area contributed by atoms with E-state index in [1.165, 1.54) is 12.1 Å². The molecule has 9 heteroatoms.